The molecular weight excluding hydrogens is 314 g/mol. The molecule has 22 heavy (non-hydrogen) atoms. The van der Waals surface area contributed by atoms with Gasteiger partial charge in [-0.2, -0.15) is 0 Å². The van der Waals surface area contributed by atoms with E-state index in [-0.39, 0.29) is 17.8 Å². The number of nitrogens with two attached hydrogens (primary N) is 1. The minimum absolute atomic E-state index is 0. The van der Waals surface area contributed by atoms with Gasteiger partial charge >= 0.3 is 0 Å². The number of halogens is 1. The van der Waals surface area contributed by atoms with Crippen LogP contribution in [0.25, 0.3) is 0 Å². The van der Waals surface area contributed by atoms with E-state index in [0.29, 0.717) is 0 Å². The number of nitrogen functional groups attached to an aromatic ring is 1. The van der Waals surface area contributed by atoms with Crippen LogP contribution < -0.4 is 10.6 Å². The van der Waals surface area contributed by atoms with Crippen LogP contribution in [0.4, 0.5) is 11.4 Å². The predicted octanol–water partition coefficient (Wildman–Crippen LogP) is 4.40. The molecule has 0 saturated carbocycles. The van der Waals surface area contributed by atoms with Gasteiger partial charge in [-0.05, 0) is 30.5 Å². The first kappa shape index (κ1) is 17.1. The summed E-state index contributed by atoms with van der Waals surface area (Å²) in [5, 5.41) is 3.41. The van der Waals surface area contributed by atoms with Crippen LogP contribution in [-0.4, -0.2) is 11.5 Å². The number of anilines is 2. The number of benzene rings is 1. The lowest BCUT2D eigenvalue weighted by molar-refractivity contribution is 0.581. The van der Waals surface area contributed by atoms with Gasteiger partial charge in [-0.15, -0.1) is 23.7 Å². The summed E-state index contributed by atoms with van der Waals surface area (Å²) < 4.78 is 0. The van der Waals surface area contributed by atoms with Crippen molar-refractivity contribution in [1.29, 1.82) is 0 Å². The average molecular weight is 338 g/mol. The summed E-state index contributed by atoms with van der Waals surface area (Å²) in [6.45, 7) is 8.60. The topological polar surface area (TPSA) is 42.2 Å². The lowest BCUT2D eigenvalue weighted by atomic mass is 9.98. The molecule has 0 spiro atoms. The first-order chi connectivity index (χ1) is 9.95. The van der Waals surface area contributed by atoms with Crippen LogP contribution in [0, 0.1) is 0 Å². The molecule has 2 N–H and O–H groups in total. The molecule has 3 rings (SSSR count). The van der Waals surface area contributed by atoms with Gasteiger partial charge in [0.05, 0.1) is 17.2 Å². The molecule has 1 aromatic carbocycles. The lowest BCUT2D eigenvalue weighted by Crippen LogP contribution is -2.29. The zero-order chi connectivity index (χ0) is 15.0. The molecule has 0 radical (unpaired) electrons. The summed E-state index contributed by atoms with van der Waals surface area (Å²) >= 11 is 1.77. The Labute approximate surface area is 143 Å². The molecule has 0 unspecified atom stereocenters. The van der Waals surface area contributed by atoms with Crippen LogP contribution in [0.1, 0.15) is 43.5 Å². The first-order valence-electron chi connectivity index (χ1n) is 7.52. The predicted molar refractivity (Wildman–Crippen MR) is 98.3 cm³/mol. The molecule has 1 aliphatic heterocycles. The van der Waals surface area contributed by atoms with Gasteiger partial charge in [0.15, 0.2) is 0 Å². The van der Waals surface area contributed by atoms with Crippen LogP contribution >= 0.6 is 23.7 Å². The van der Waals surface area contributed by atoms with E-state index >= 15 is 0 Å². The minimum atomic E-state index is 0. The third-order valence-electron chi connectivity index (χ3n) is 3.93. The van der Waals surface area contributed by atoms with Gasteiger partial charge in [0.1, 0.15) is 0 Å². The Morgan fingerprint density at radius 2 is 2.09 bits per heavy atom. The molecule has 0 aliphatic carbocycles. The maximum Gasteiger partial charge on any atom is 0.0982 e. The summed E-state index contributed by atoms with van der Waals surface area (Å²) in [5.74, 6) is 0. The molecule has 1 aromatic heterocycles. The van der Waals surface area contributed by atoms with Gasteiger partial charge in [0.2, 0.25) is 0 Å². The lowest BCUT2D eigenvalue weighted by Gasteiger charge is -2.31. The molecule has 1 aliphatic rings. The van der Waals surface area contributed by atoms with Gasteiger partial charge in [-0.1, -0.05) is 26.8 Å². The van der Waals surface area contributed by atoms with Crippen molar-refractivity contribution in [2.45, 2.75) is 45.6 Å². The average Bonchev–Trinajstić information content (AvgIpc) is 2.89. The molecule has 2 aromatic rings. The summed E-state index contributed by atoms with van der Waals surface area (Å²) in [7, 11) is 0. The highest BCUT2D eigenvalue weighted by atomic mass is 35.5. The highest BCUT2D eigenvalue weighted by Gasteiger charge is 2.21. The fourth-order valence-electron chi connectivity index (χ4n) is 2.81. The van der Waals surface area contributed by atoms with E-state index in [1.165, 1.54) is 22.0 Å². The van der Waals surface area contributed by atoms with E-state index in [1.807, 2.05) is 12.1 Å². The molecular formula is C17H24ClN3S. The molecule has 3 nitrogen and oxygen atoms in total. The van der Waals surface area contributed by atoms with Crippen molar-refractivity contribution in [2.24, 2.45) is 0 Å². The van der Waals surface area contributed by atoms with Gasteiger partial charge in [0, 0.05) is 28.7 Å². The third kappa shape index (κ3) is 3.39. The number of fused-ring (bicyclic) bond motifs is 1. The van der Waals surface area contributed by atoms with Crippen molar-refractivity contribution in [3.63, 3.8) is 0 Å². The van der Waals surface area contributed by atoms with Gasteiger partial charge in [-0.25, -0.2) is 4.98 Å². The smallest absolute Gasteiger partial charge is 0.0982 e. The van der Waals surface area contributed by atoms with Crippen LogP contribution in [0.3, 0.4) is 0 Å². The zero-order valence-corrected chi connectivity index (χ0v) is 15.1. The SMILES string of the molecule is CC(C)(C)c1nc(CN2CCCc3c(N)cccc32)cs1.Cl. The van der Waals surface area contributed by atoms with Crippen LogP contribution in [0.5, 0.6) is 0 Å². The summed E-state index contributed by atoms with van der Waals surface area (Å²) in [5.41, 5.74) is 10.9. The van der Waals surface area contributed by atoms with Crippen molar-refractivity contribution in [1.82, 2.24) is 4.98 Å². The van der Waals surface area contributed by atoms with E-state index < -0.39 is 0 Å². The van der Waals surface area contributed by atoms with Crippen LogP contribution in [0.15, 0.2) is 23.6 Å². The number of nitrogens with zero attached hydrogens (tertiary/aromatic N) is 2. The second kappa shape index (κ2) is 6.47. The quantitative estimate of drug-likeness (QED) is 0.826. The monoisotopic (exact) mass is 337 g/mol. The van der Waals surface area contributed by atoms with E-state index in [0.717, 1.165) is 31.6 Å². The fraction of sp³-hybridized carbons (Fsp3) is 0.471. The minimum Gasteiger partial charge on any atom is -0.398 e. The van der Waals surface area contributed by atoms with E-state index in [9.17, 15) is 0 Å². The van der Waals surface area contributed by atoms with Crippen molar-refractivity contribution in [3.8, 4) is 0 Å². The normalized spacial score (nSPS) is 14.4. The van der Waals surface area contributed by atoms with E-state index in [1.54, 1.807) is 11.3 Å². The maximum atomic E-state index is 6.12. The molecule has 2 heterocycles. The van der Waals surface area contributed by atoms with Gasteiger partial charge < -0.3 is 10.6 Å². The molecule has 5 heteroatoms. The van der Waals surface area contributed by atoms with E-state index in [2.05, 4.69) is 37.1 Å². The number of rotatable bonds is 2. The Bertz CT molecular complexity index is 646. The van der Waals surface area contributed by atoms with Crippen molar-refractivity contribution in [2.75, 3.05) is 17.2 Å². The summed E-state index contributed by atoms with van der Waals surface area (Å²) in [6.07, 6.45) is 2.25. The third-order valence-corrected chi connectivity index (χ3v) is 5.25. The molecule has 0 bridgehead atoms. The Hall–Kier alpha value is -1.26. The van der Waals surface area contributed by atoms with Crippen LogP contribution in [0.2, 0.25) is 0 Å². The number of aromatic nitrogens is 1. The molecule has 0 atom stereocenters. The number of hydrogen-bond donors (Lipinski definition) is 1. The Kier molecular flexibility index (Phi) is 5.03. The largest absolute Gasteiger partial charge is 0.398 e. The van der Waals surface area contributed by atoms with Crippen molar-refractivity contribution in [3.05, 3.63) is 39.8 Å². The van der Waals surface area contributed by atoms with E-state index in [4.69, 9.17) is 10.7 Å². The standard InChI is InChI=1S/C17H23N3S.ClH/c1-17(2,3)16-19-12(11-21-16)10-20-9-5-6-13-14(18)7-4-8-15(13)20;/h4,7-8,11H,5-6,9-10,18H2,1-3H3;1H. The van der Waals surface area contributed by atoms with Gasteiger partial charge in [-0.3, -0.25) is 0 Å². The van der Waals surface area contributed by atoms with Crippen molar-refractivity contribution >= 4 is 35.1 Å². The molecule has 0 saturated heterocycles. The Balaban J connectivity index is 0.00000176. The highest BCUT2D eigenvalue weighted by Crippen LogP contribution is 2.33. The number of thiazole rings is 1. The van der Waals surface area contributed by atoms with Gasteiger partial charge in [0.25, 0.3) is 0 Å². The Morgan fingerprint density at radius 1 is 1.32 bits per heavy atom. The molecule has 0 amide bonds. The number of hydrogen-bond acceptors (Lipinski definition) is 4. The zero-order valence-electron chi connectivity index (χ0n) is 13.4. The van der Waals surface area contributed by atoms with Crippen LogP contribution in [-0.2, 0) is 18.4 Å². The molecule has 120 valence electrons. The second-order valence-electron chi connectivity index (χ2n) is 6.76. The summed E-state index contributed by atoms with van der Waals surface area (Å²) in [4.78, 5) is 7.23. The second-order valence-corrected chi connectivity index (χ2v) is 7.62. The fourth-order valence-corrected chi connectivity index (χ4v) is 3.71. The Morgan fingerprint density at radius 3 is 2.77 bits per heavy atom. The first-order valence-corrected chi connectivity index (χ1v) is 8.40. The summed E-state index contributed by atoms with van der Waals surface area (Å²) in [6, 6.07) is 6.24. The van der Waals surface area contributed by atoms with Crippen molar-refractivity contribution < 1.29 is 0 Å². The molecule has 0 fully saturated rings. The highest BCUT2D eigenvalue weighted by molar-refractivity contribution is 7.09. The maximum absolute atomic E-state index is 6.12.